The van der Waals surface area contributed by atoms with Gasteiger partial charge >= 0.3 is 5.69 Å². The van der Waals surface area contributed by atoms with E-state index in [1.807, 2.05) is 0 Å². The van der Waals surface area contributed by atoms with Crippen molar-refractivity contribution in [1.29, 1.82) is 0 Å². The van der Waals surface area contributed by atoms with Crippen molar-refractivity contribution in [2.75, 3.05) is 6.79 Å². The van der Waals surface area contributed by atoms with Gasteiger partial charge in [0.25, 0.3) is 5.56 Å². The topological polar surface area (TPSA) is 111 Å². The van der Waals surface area contributed by atoms with Crippen LogP contribution in [0.3, 0.4) is 0 Å². The fraction of sp³-hybridized carbons (Fsp3) is 0.318. The molecule has 0 fully saturated rings. The lowest BCUT2D eigenvalue weighted by molar-refractivity contribution is 0.104. The van der Waals surface area contributed by atoms with Crippen molar-refractivity contribution in [3.63, 3.8) is 0 Å². The number of aromatic amines is 1. The van der Waals surface area contributed by atoms with Crippen molar-refractivity contribution in [3.8, 4) is 17.4 Å². The number of H-pyrrole nitrogens is 1. The smallest absolute Gasteiger partial charge is 0.331 e. The van der Waals surface area contributed by atoms with E-state index in [2.05, 4.69) is 11.1 Å². The summed E-state index contributed by atoms with van der Waals surface area (Å²) in [5.74, 6) is -0.124. The number of nitrogens with zero attached hydrogens (tertiary/aromatic N) is 1. The number of aromatic hydroxyl groups is 1. The molecule has 0 unspecified atom stereocenters. The molecule has 2 N–H and O–H groups in total. The van der Waals surface area contributed by atoms with Crippen molar-refractivity contribution in [1.82, 2.24) is 9.55 Å². The molecule has 0 saturated heterocycles. The molecular weight excluding hydrogens is 388 g/mol. The van der Waals surface area contributed by atoms with E-state index in [-0.39, 0.29) is 13.3 Å². The van der Waals surface area contributed by atoms with Crippen molar-refractivity contribution >= 4 is 11.9 Å². The maximum absolute atomic E-state index is 12.6. The van der Waals surface area contributed by atoms with Crippen LogP contribution in [0.15, 0.2) is 45.5 Å². The first-order valence-electron chi connectivity index (χ1n) is 9.89. The van der Waals surface area contributed by atoms with Crippen molar-refractivity contribution < 1.29 is 19.4 Å². The number of rotatable bonds is 6. The van der Waals surface area contributed by atoms with E-state index >= 15 is 0 Å². The Hall–Kier alpha value is -3.55. The van der Waals surface area contributed by atoms with Gasteiger partial charge in [0.2, 0.25) is 12.7 Å². The molecule has 1 aliphatic heterocycles. The Balaban J connectivity index is 1.56. The fourth-order valence-corrected chi connectivity index (χ4v) is 3.65. The minimum atomic E-state index is -0.911. The Morgan fingerprint density at radius 2 is 2.03 bits per heavy atom. The largest absolute Gasteiger partial charge is 0.494 e. The van der Waals surface area contributed by atoms with Crippen LogP contribution < -0.4 is 20.7 Å². The second kappa shape index (κ2) is 8.44. The predicted octanol–water partition coefficient (Wildman–Crippen LogP) is 2.76. The molecule has 30 heavy (non-hydrogen) atoms. The van der Waals surface area contributed by atoms with Crippen LogP contribution in [0, 0.1) is 0 Å². The molecule has 8 nitrogen and oxygen atoms in total. The predicted molar refractivity (Wildman–Crippen MR) is 110 cm³/mol. The summed E-state index contributed by atoms with van der Waals surface area (Å²) in [5, 5.41) is 10.5. The molecule has 0 amide bonds. The van der Waals surface area contributed by atoms with Gasteiger partial charge in [0.05, 0.1) is 0 Å². The van der Waals surface area contributed by atoms with Crippen LogP contribution in [0.25, 0.3) is 6.08 Å². The number of nitrogens with one attached hydrogen (secondary N) is 1. The molecule has 4 rings (SSSR count). The highest BCUT2D eigenvalue weighted by molar-refractivity contribution is 6.08. The fourth-order valence-electron chi connectivity index (χ4n) is 3.65. The van der Waals surface area contributed by atoms with Crippen LogP contribution in [0.1, 0.15) is 48.0 Å². The summed E-state index contributed by atoms with van der Waals surface area (Å²) >= 11 is 0. The zero-order valence-corrected chi connectivity index (χ0v) is 16.3. The van der Waals surface area contributed by atoms with Gasteiger partial charge in [0.1, 0.15) is 5.56 Å². The summed E-state index contributed by atoms with van der Waals surface area (Å²) in [6.45, 7) is 0.336. The van der Waals surface area contributed by atoms with Gasteiger partial charge in [-0.15, -0.1) is 0 Å². The van der Waals surface area contributed by atoms with E-state index in [1.165, 1.54) is 17.7 Å². The lowest BCUT2D eigenvalue weighted by Crippen LogP contribution is -2.33. The Labute approximate surface area is 172 Å². The Morgan fingerprint density at radius 1 is 1.20 bits per heavy atom. The normalized spacial score (nSPS) is 15.4. The first kappa shape index (κ1) is 19.8. The third kappa shape index (κ3) is 4.07. The average Bonchev–Trinajstić information content (AvgIpc) is 3.20. The van der Waals surface area contributed by atoms with E-state index in [0.29, 0.717) is 23.5 Å². The average molecular weight is 410 g/mol. The molecule has 0 bridgehead atoms. The van der Waals surface area contributed by atoms with Gasteiger partial charge in [0, 0.05) is 6.54 Å². The number of carbonyl (C=O) groups excluding carboxylic acids is 1. The van der Waals surface area contributed by atoms with E-state index in [0.717, 1.165) is 30.3 Å². The summed E-state index contributed by atoms with van der Waals surface area (Å²) in [6.07, 6.45) is 9.65. The van der Waals surface area contributed by atoms with Crippen LogP contribution in [-0.2, 0) is 6.54 Å². The highest BCUT2D eigenvalue weighted by Crippen LogP contribution is 2.32. The molecule has 0 spiro atoms. The highest BCUT2D eigenvalue weighted by atomic mass is 16.7. The van der Waals surface area contributed by atoms with Crippen molar-refractivity contribution in [2.45, 2.75) is 38.6 Å². The first-order valence-corrected chi connectivity index (χ1v) is 9.89. The molecule has 0 saturated carbocycles. The van der Waals surface area contributed by atoms with Gasteiger partial charge in [-0.2, -0.15) is 0 Å². The summed E-state index contributed by atoms with van der Waals surface area (Å²) in [4.78, 5) is 39.1. The Bertz CT molecular complexity index is 1160. The molecule has 0 radical (unpaired) electrons. The lowest BCUT2D eigenvalue weighted by Gasteiger charge is -2.14. The monoisotopic (exact) mass is 410 g/mol. The van der Waals surface area contributed by atoms with Gasteiger partial charge in [0.15, 0.2) is 17.3 Å². The lowest BCUT2D eigenvalue weighted by atomic mass is 9.97. The van der Waals surface area contributed by atoms with Gasteiger partial charge in [-0.05, 0) is 55.9 Å². The number of ether oxygens (including phenoxy) is 2. The van der Waals surface area contributed by atoms with Crippen LogP contribution in [0.5, 0.6) is 17.4 Å². The maximum Gasteiger partial charge on any atom is 0.331 e. The number of aromatic nitrogens is 2. The summed E-state index contributed by atoms with van der Waals surface area (Å²) < 4.78 is 11.6. The van der Waals surface area contributed by atoms with Crippen molar-refractivity contribution in [2.24, 2.45) is 0 Å². The van der Waals surface area contributed by atoms with E-state index in [9.17, 15) is 19.5 Å². The zero-order valence-electron chi connectivity index (χ0n) is 16.3. The zero-order chi connectivity index (χ0) is 21.1. The minimum absolute atomic E-state index is 0.142. The third-order valence-electron chi connectivity index (χ3n) is 5.28. The molecule has 2 aromatic rings. The maximum atomic E-state index is 12.6. The molecule has 8 heteroatoms. The van der Waals surface area contributed by atoms with Gasteiger partial charge in [-0.3, -0.25) is 19.1 Å². The molecule has 1 aliphatic carbocycles. The molecule has 1 aromatic carbocycles. The Kier molecular flexibility index (Phi) is 5.56. The van der Waals surface area contributed by atoms with Gasteiger partial charge in [-0.25, -0.2) is 4.79 Å². The summed E-state index contributed by atoms with van der Waals surface area (Å²) in [5.41, 5.74) is -0.212. The molecule has 1 aromatic heterocycles. The second-order valence-corrected chi connectivity index (χ2v) is 7.28. The SMILES string of the molecule is O=C(C=Cc1ccc2c(c1)OCO2)c1c(O)n(CCC2=CCCCC2)c(=O)[nH]c1=O. The number of hydrogen-bond acceptors (Lipinski definition) is 6. The number of carbonyl (C=O) groups is 1. The van der Waals surface area contributed by atoms with Crippen LogP contribution >= 0.6 is 0 Å². The minimum Gasteiger partial charge on any atom is -0.494 e. The standard InChI is InChI=1S/C22H22N2O6/c25-16(8-6-15-7-9-17-18(12-15)30-13-29-17)19-20(26)23-22(28)24(21(19)27)11-10-14-4-2-1-3-5-14/h4,6-9,12,27H,1-3,5,10-11,13H2,(H,23,26,28). The van der Waals surface area contributed by atoms with Crippen LogP contribution in [-0.4, -0.2) is 27.2 Å². The van der Waals surface area contributed by atoms with Crippen LogP contribution in [0.2, 0.25) is 0 Å². The van der Waals surface area contributed by atoms with Gasteiger partial charge in [-0.1, -0.05) is 23.8 Å². The number of hydrogen-bond donors (Lipinski definition) is 2. The summed E-state index contributed by atoms with van der Waals surface area (Å²) in [6, 6.07) is 5.16. The number of ketones is 1. The third-order valence-corrected chi connectivity index (χ3v) is 5.28. The first-order chi connectivity index (χ1) is 14.5. The molecule has 2 aliphatic rings. The summed E-state index contributed by atoms with van der Waals surface area (Å²) in [7, 11) is 0. The molecule has 2 heterocycles. The molecular formula is C22H22N2O6. The quantitative estimate of drug-likeness (QED) is 0.430. The number of benzene rings is 1. The molecule has 156 valence electrons. The molecule has 0 atom stereocenters. The van der Waals surface area contributed by atoms with E-state index in [4.69, 9.17) is 9.47 Å². The van der Waals surface area contributed by atoms with Crippen molar-refractivity contribution in [3.05, 3.63) is 67.9 Å². The second-order valence-electron chi connectivity index (χ2n) is 7.28. The number of fused-ring (bicyclic) bond motifs is 1. The van der Waals surface area contributed by atoms with Crippen LogP contribution in [0.4, 0.5) is 0 Å². The highest BCUT2D eigenvalue weighted by Gasteiger charge is 2.20. The van der Waals surface area contributed by atoms with E-state index < -0.39 is 28.5 Å². The van der Waals surface area contributed by atoms with E-state index in [1.54, 1.807) is 18.2 Å². The van der Waals surface area contributed by atoms with Gasteiger partial charge < -0.3 is 14.6 Å². The number of allylic oxidation sites excluding steroid dienone is 3. The Morgan fingerprint density at radius 3 is 2.83 bits per heavy atom.